The summed E-state index contributed by atoms with van der Waals surface area (Å²) in [4.78, 5) is 10.7. The lowest BCUT2D eigenvalue weighted by atomic mass is 10.1. The number of hydrogen-bond donors (Lipinski definition) is 0. The number of nitrogens with zero attached hydrogens (tertiary/aromatic N) is 2. The fourth-order valence-electron chi connectivity index (χ4n) is 1.63. The minimum Gasteiger partial charge on any atom is -0.494 e. The molecule has 0 saturated carbocycles. The van der Waals surface area contributed by atoms with Crippen molar-refractivity contribution >= 4 is 6.29 Å². The molecular weight excluding hydrogens is 216 g/mol. The van der Waals surface area contributed by atoms with Crippen LogP contribution in [0.15, 0.2) is 36.7 Å². The predicted octanol–water partition coefficient (Wildman–Crippen LogP) is 2.14. The van der Waals surface area contributed by atoms with E-state index < -0.39 is 0 Å². The highest BCUT2D eigenvalue weighted by Gasteiger charge is 2.05. The summed E-state index contributed by atoms with van der Waals surface area (Å²) in [7, 11) is 0. The van der Waals surface area contributed by atoms with Gasteiger partial charge in [-0.1, -0.05) is 12.1 Å². The third-order valence-electron chi connectivity index (χ3n) is 2.42. The van der Waals surface area contributed by atoms with Gasteiger partial charge in [-0.05, 0) is 19.1 Å². The van der Waals surface area contributed by atoms with Crippen LogP contribution in [0.5, 0.6) is 5.75 Å². The van der Waals surface area contributed by atoms with E-state index in [2.05, 4.69) is 5.10 Å². The average molecular weight is 230 g/mol. The molecular formula is C13H14N2O2. The van der Waals surface area contributed by atoms with Crippen LogP contribution in [0, 0.1) is 0 Å². The zero-order chi connectivity index (χ0) is 12.1. The van der Waals surface area contributed by atoms with Gasteiger partial charge in [-0.15, -0.1) is 0 Å². The van der Waals surface area contributed by atoms with Gasteiger partial charge in [0, 0.05) is 23.5 Å². The molecule has 1 aromatic carbocycles. The first kappa shape index (κ1) is 11.4. The summed E-state index contributed by atoms with van der Waals surface area (Å²) in [5.41, 5.74) is 1.64. The van der Waals surface area contributed by atoms with E-state index in [0.717, 1.165) is 17.6 Å². The second-order valence-corrected chi connectivity index (χ2v) is 3.62. The number of carbonyl (C=O) groups excluding carboxylic acids is 1. The van der Waals surface area contributed by atoms with Gasteiger partial charge in [-0.25, -0.2) is 0 Å². The van der Waals surface area contributed by atoms with E-state index in [1.54, 1.807) is 18.3 Å². The molecule has 1 heterocycles. The molecule has 2 aromatic rings. The molecule has 0 amide bonds. The zero-order valence-electron chi connectivity index (χ0n) is 9.67. The van der Waals surface area contributed by atoms with Gasteiger partial charge in [0.1, 0.15) is 12.0 Å². The molecule has 4 heteroatoms. The first-order chi connectivity index (χ1) is 8.33. The molecule has 0 saturated heterocycles. The first-order valence-corrected chi connectivity index (χ1v) is 5.52. The van der Waals surface area contributed by atoms with Crippen molar-refractivity contribution < 1.29 is 9.53 Å². The average Bonchev–Trinajstić information content (AvgIpc) is 2.84. The summed E-state index contributed by atoms with van der Waals surface area (Å²) in [5.74, 6) is 0.743. The van der Waals surface area contributed by atoms with Gasteiger partial charge in [0.25, 0.3) is 0 Å². The Labute approximate surface area is 99.8 Å². The van der Waals surface area contributed by atoms with E-state index in [1.165, 1.54) is 0 Å². The molecule has 0 fully saturated rings. The molecule has 0 aliphatic rings. The third-order valence-corrected chi connectivity index (χ3v) is 2.42. The van der Waals surface area contributed by atoms with Crippen LogP contribution in [0.3, 0.4) is 0 Å². The minimum atomic E-state index is 0.578. The van der Waals surface area contributed by atoms with Crippen molar-refractivity contribution in [2.75, 3.05) is 6.61 Å². The highest BCUT2D eigenvalue weighted by Crippen LogP contribution is 2.20. The molecule has 17 heavy (non-hydrogen) atoms. The number of aromatic nitrogens is 2. The number of benzene rings is 1. The zero-order valence-corrected chi connectivity index (χ0v) is 9.67. The number of aldehydes is 1. The Balaban J connectivity index is 2.28. The SMILES string of the molecule is CCOc1cc(C=O)ccc1Cn1cccn1. The summed E-state index contributed by atoms with van der Waals surface area (Å²) in [6, 6.07) is 7.32. The van der Waals surface area contributed by atoms with E-state index in [9.17, 15) is 4.79 Å². The quantitative estimate of drug-likeness (QED) is 0.739. The molecule has 0 N–H and O–H groups in total. The van der Waals surface area contributed by atoms with Gasteiger partial charge in [-0.2, -0.15) is 5.10 Å². The van der Waals surface area contributed by atoms with Crippen LogP contribution in [0.2, 0.25) is 0 Å². The minimum absolute atomic E-state index is 0.578. The molecule has 88 valence electrons. The highest BCUT2D eigenvalue weighted by molar-refractivity contribution is 5.75. The fraction of sp³-hybridized carbons (Fsp3) is 0.231. The Kier molecular flexibility index (Phi) is 3.55. The van der Waals surface area contributed by atoms with Gasteiger partial charge in [0.05, 0.1) is 13.2 Å². The lowest BCUT2D eigenvalue weighted by molar-refractivity contribution is 0.112. The maximum absolute atomic E-state index is 10.7. The van der Waals surface area contributed by atoms with E-state index in [-0.39, 0.29) is 0 Å². The monoisotopic (exact) mass is 230 g/mol. The van der Waals surface area contributed by atoms with E-state index >= 15 is 0 Å². The van der Waals surface area contributed by atoms with Crippen LogP contribution in [0.4, 0.5) is 0 Å². The van der Waals surface area contributed by atoms with Crippen LogP contribution in [0.1, 0.15) is 22.8 Å². The maximum atomic E-state index is 10.7. The summed E-state index contributed by atoms with van der Waals surface area (Å²) in [6.45, 7) is 3.14. The van der Waals surface area contributed by atoms with Gasteiger partial charge in [0.15, 0.2) is 0 Å². The van der Waals surface area contributed by atoms with Crippen LogP contribution >= 0.6 is 0 Å². The number of carbonyl (C=O) groups is 1. The van der Waals surface area contributed by atoms with Crippen molar-refractivity contribution in [1.29, 1.82) is 0 Å². The largest absolute Gasteiger partial charge is 0.494 e. The standard InChI is InChI=1S/C13H14N2O2/c1-2-17-13-8-11(10-16)4-5-12(13)9-15-7-3-6-14-15/h3-8,10H,2,9H2,1H3. The van der Waals surface area contributed by atoms with E-state index in [4.69, 9.17) is 4.74 Å². The molecule has 0 aliphatic heterocycles. The highest BCUT2D eigenvalue weighted by atomic mass is 16.5. The summed E-state index contributed by atoms with van der Waals surface area (Å²) in [5, 5.41) is 4.15. The fourth-order valence-corrected chi connectivity index (χ4v) is 1.63. The first-order valence-electron chi connectivity index (χ1n) is 5.52. The Hall–Kier alpha value is -2.10. The third kappa shape index (κ3) is 2.72. The number of rotatable bonds is 5. The molecule has 0 bridgehead atoms. The van der Waals surface area contributed by atoms with Crippen molar-refractivity contribution in [2.45, 2.75) is 13.5 Å². The van der Waals surface area contributed by atoms with Gasteiger partial charge in [-0.3, -0.25) is 9.48 Å². The summed E-state index contributed by atoms with van der Waals surface area (Å²) < 4.78 is 7.35. The smallest absolute Gasteiger partial charge is 0.150 e. The van der Waals surface area contributed by atoms with Crippen molar-refractivity contribution in [3.8, 4) is 5.75 Å². The summed E-state index contributed by atoms with van der Waals surface area (Å²) >= 11 is 0. The Morgan fingerprint density at radius 2 is 2.35 bits per heavy atom. The number of ether oxygens (including phenoxy) is 1. The number of hydrogen-bond acceptors (Lipinski definition) is 3. The van der Waals surface area contributed by atoms with Crippen molar-refractivity contribution in [3.63, 3.8) is 0 Å². The second kappa shape index (κ2) is 5.30. The topological polar surface area (TPSA) is 44.1 Å². The van der Waals surface area contributed by atoms with Crippen LogP contribution < -0.4 is 4.74 Å². The Bertz CT molecular complexity index is 492. The Morgan fingerprint density at radius 1 is 1.47 bits per heavy atom. The second-order valence-electron chi connectivity index (χ2n) is 3.62. The molecule has 4 nitrogen and oxygen atoms in total. The van der Waals surface area contributed by atoms with Crippen LogP contribution in [-0.2, 0) is 6.54 Å². The molecule has 0 atom stereocenters. The Morgan fingerprint density at radius 3 is 3.00 bits per heavy atom. The molecule has 0 aliphatic carbocycles. The molecule has 0 unspecified atom stereocenters. The van der Waals surface area contributed by atoms with Crippen molar-refractivity contribution in [2.24, 2.45) is 0 Å². The molecule has 0 spiro atoms. The van der Waals surface area contributed by atoms with Gasteiger partial charge in [0.2, 0.25) is 0 Å². The maximum Gasteiger partial charge on any atom is 0.150 e. The molecule has 1 aromatic heterocycles. The summed E-state index contributed by atoms with van der Waals surface area (Å²) in [6.07, 6.45) is 4.45. The van der Waals surface area contributed by atoms with E-state index in [1.807, 2.05) is 29.9 Å². The lowest BCUT2D eigenvalue weighted by Gasteiger charge is -2.10. The van der Waals surface area contributed by atoms with Crippen molar-refractivity contribution in [3.05, 3.63) is 47.8 Å². The van der Waals surface area contributed by atoms with Gasteiger partial charge < -0.3 is 4.74 Å². The predicted molar refractivity (Wildman–Crippen MR) is 64.3 cm³/mol. The van der Waals surface area contributed by atoms with Crippen molar-refractivity contribution in [1.82, 2.24) is 9.78 Å². The van der Waals surface area contributed by atoms with Crippen LogP contribution in [0.25, 0.3) is 0 Å². The molecule has 0 radical (unpaired) electrons. The van der Waals surface area contributed by atoms with Crippen LogP contribution in [-0.4, -0.2) is 22.7 Å². The van der Waals surface area contributed by atoms with E-state index in [0.29, 0.717) is 18.7 Å². The van der Waals surface area contributed by atoms with Gasteiger partial charge >= 0.3 is 0 Å². The lowest BCUT2D eigenvalue weighted by Crippen LogP contribution is -2.04. The molecule has 2 rings (SSSR count). The normalized spacial score (nSPS) is 10.2.